The second kappa shape index (κ2) is 7.04. The number of nitrogens with one attached hydrogen (secondary N) is 1. The van der Waals surface area contributed by atoms with E-state index >= 15 is 0 Å². The van der Waals surface area contributed by atoms with Gasteiger partial charge in [-0.05, 0) is 26.2 Å². The predicted molar refractivity (Wildman–Crippen MR) is 77.5 cm³/mol. The van der Waals surface area contributed by atoms with Crippen molar-refractivity contribution in [2.75, 3.05) is 0 Å². The highest BCUT2D eigenvalue weighted by Crippen LogP contribution is 2.37. The lowest BCUT2D eigenvalue weighted by molar-refractivity contribution is -0.123. The van der Waals surface area contributed by atoms with Gasteiger partial charge in [-0.15, -0.1) is 12.4 Å². The topological polar surface area (TPSA) is 94.0 Å². The normalized spacial score (nSPS) is 18.4. The summed E-state index contributed by atoms with van der Waals surface area (Å²) in [5.74, 6) is 1.16. The van der Waals surface area contributed by atoms with Crippen LogP contribution in [-0.2, 0) is 10.3 Å². The van der Waals surface area contributed by atoms with Crippen molar-refractivity contribution in [2.45, 2.75) is 64.0 Å². The Bertz CT molecular complexity index is 441. The molecule has 2 rings (SSSR count). The number of rotatable bonds is 5. The van der Waals surface area contributed by atoms with Crippen molar-refractivity contribution < 1.29 is 9.32 Å². The van der Waals surface area contributed by atoms with E-state index in [1.807, 2.05) is 6.92 Å². The molecule has 1 unspecified atom stereocenters. The number of carbonyl (C=O) groups excluding carboxylic acids is 1. The summed E-state index contributed by atoms with van der Waals surface area (Å²) in [6.45, 7) is 3.66. The van der Waals surface area contributed by atoms with Gasteiger partial charge in [0.05, 0.1) is 0 Å². The molecule has 20 heavy (non-hydrogen) atoms. The first-order chi connectivity index (χ1) is 9.02. The van der Waals surface area contributed by atoms with Gasteiger partial charge in [-0.2, -0.15) is 4.98 Å². The van der Waals surface area contributed by atoms with Crippen molar-refractivity contribution >= 4 is 18.3 Å². The quantitative estimate of drug-likeness (QED) is 0.865. The summed E-state index contributed by atoms with van der Waals surface area (Å²) in [6.07, 6.45) is 5.01. The van der Waals surface area contributed by atoms with E-state index in [1.54, 1.807) is 6.92 Å². The Kier molecular flexibility index (Phi) is 5.95. The van der Waals surface area contributed by atoms with Gasteiger partial charge in [-0.1, -0.05) is 18.0 Å². The number of nitrogens with two attached hydrogens (primary N) is 1. The first kappa shape index (κ1) is 16.9. The molecule has 3 N–H and O–H groups in total. The zero-order valence-electron chi connectivity index (χ0n) is 12.0. The highest BCUT2D eigenvalue weighted by molar-refractivity contribution is 5.85. The van der Waals surface area contributed by atoms with Crippen LogP contribution in [0.5, 0.6) is 0 Å². The SMILES string of the molecule is Cc1nc(C2(NC(=O)CCC(C)N)CCCC2)no1.Cl. The Hall–Kier alpha value is -1.14. The molecule has 1 amide bonds. The van der Waals surface area contributed by atoms with Crippen LogP contribution in [0, 0.1) is 6.92 Å². The highest BCUT2D eigenvalue weighted by Gasteiger charge is 2.41. The molecule has 0 radical (unpaired) electrons. The third-order valence-electron chi connectivity index (χ3n) is 3.62. The molecular formula is C13H23ClN4O2. The lowest BCUT2D eigenvalue weighted by atomic mass is 9.96. The van der Waals surface area contributed by atoms with Gasteiger partial charge in [0.25, 0.3) is 0 Å². The van der Waals surface area contributed by atoms with Crippen molar-refractivity contribution in [3.05, 3.63) is 11.7 Å². The third-order valence-corrected chi connectivity index (χ3v) is 3.62. The number of hydrogen-bond donors (Lipinski definition) is 2. The Morgan fingerprint density at radius 1 is 1.50 bits per heavy atom. The first-order valence-electron chi connectivity index (χ1n) is 6.89. The Morgan fingerprint density at radius 2 is 2.15 bits per heavy atom. The van der Waals surface area contributed by atoms with Crippen molar-refractivity contribution in [3.8, 4) is 0 Å². The minimum absolute atomic E-state index is 0. The van der Waals surface area contributed by atoms with Crippen LogP contribution < -0.4 is 11.1 Å². The van der Waals surface area contributed by atoms with Crippen LogP contribution in [0.4, 0.5) is 0 Å². The maximum absolute atomic E-state index is 12.0. The lowest BCUT2D eigenvalue weighted by Gasteiger charge is -2.26. The van der Waals surface area contributed by atoms with E-state index in [-0.39, 0.29) is 24.4 Å². The molecule has 6 nitrogen and oxygen atoms in total. The largest absolute Gasteiger partial charge is 0.343 e. The standard InChI is InChI=1S/C13H22N4O2.ClH/c1-9(14)5-6-11(18)16-13(7-3-4-8-13)12-15-10(2)19-17-12;/h9H,3-8,14H2,1-2H3,(H,16,18);1H. The Labute approximate surface area is 125 Å². The van der Waals surface area contributed by atoms with Crippen molar-refractivity contribution in [1.29, 1.82) is 0 Å². The fraction of sp³-hybridized carbons (Fsp3) is 0.769. The Balaban J connectivity index is 0.00000200. The number of aryl methyl sites for hydroxylation is 1. The molecule has 1 saturated carbocycles. The van der Waals surface area contributed by atoms with Crippen LogP contribution in [0.1, 0.15) is 57.2 Å². The van der Waals surface area contributed by atoms with E-state index in [4.69, 9.17) is 10.3 Å². The van der Waals surface area contributed by atoms with Gasteiger partial charge in [-0.3, -0.25) is 4.79 Å². The maximum Gasteiger partial charge on any atom is 0.223 e. The molecule has 1 aliphatic rings. The van der Waals surface area contributed by atoms with Crippen LogP contribution in [0.15, 0.2) is 4.52 Å². The molecule has 1 fully saturated rings. The molecule has 1 aliphatic carbocycles. The van der Waals surface area contributed by atoms with Crippen LogP contribution >= 0.6 is 12.4 Å². The zero-order chi connectivity index (χ0) is 13.9. The van der Waals surface area contributed by atoms with E-state index in [2.05, 4.69) is 15.5 Å². The Morgan fingerprint density at radius 3 is 2.65 bits per heavy atom. The molecule has 1 aromatic rings. The summed E-state index contributed by atoms with van der Waals surface area (Å²) in [6, 6.07) is 0.0395. The summed E-state index contributed by atoms with van der Waals surface area (Å²) in [5.41, 5.74) is 5.24. The third kappa shape index (κ3) is 3.93. The molecule has 0 aromatic carbocycles. The van der Waals surface area contributed by atoms with Crippen LogP contribution in [-0.4, -0.2) is 22.1 Å². The molecule has 1 aromatic heterocycles. The highest BCUT2D eigenvalue weighted by atomic mass is 35.5. The predicted octanol–water partition coefficient (Wildman–Crippen LogP) is 1.81. The average Bonchev–Trinajstić information content (AvgIpc) is 2.96. The van der Waals surface area contributed by atoms with Crippen LogP contribution in [0.2, 0.25) is 0 Å². The van der Waals surface area contributed by atoms with Crippen molar-refractivity contribution in [1.82, 2.24) is 15.5 Å². The van der Waals surface area contributed by atoms with E-state index in [0.29, 0.717) is 24.6 Å². The van der Waals surface area contributed by atoms with Gasteiger partial charge >= 0.3 is 0 Å². The van der Waals surface area contributed by atoms with E-state index in [9.17, 15) is 4.79 Å². The fourth-order valence-electron chi connectivity index (χ4n) is 2.56. The molecule has 0 saturated heterocycles. The molecule has 0 spiro atoms. The summed E-state index contributed by atoms with van der Waals surface area (Å²) >= 11 is 0. The van der Waals surface area contributed by atoms with Gasteiger partial charge in [0.2, 0.25) is 11.8 Å². The fourth-order valence-corrected chi connectivity index (χ4v) is 2.56. The molecule has 7 heteroatoms. The van der Waals surface area contributed by atoms with Crippen LogP contribution in [0.3, 0.4) is 0 Å². The van der Waals surface area contributed by atoms with Gasteiger partial charge in [0, 0.05) is 19.4 Å². The van der Waals surface area contributed by atoms with E-state index in [0.717, 1.165) is 25.7 Å². The van der Waals surface area contributed by atoms with E-state index < -0.39 is 5.54 Å². The number of nitrogens with zero attached hydrogens (tertiary/aromatic N) is 2. The molecule has 0 aliphatic heterocycles. The van der Waals surface area contributed by atoms with Crippen molar-refractivity contribution in [3.63, 3.8) is 0 Å². The van der Waals surface area contributed by atoms with Gasteiger partial charge in [0.1, 0.15) is 5.54 Å². The number of halogens is 1. The summed E-state index contributed by atoms with van der Waals surface area (Å²) in [4.78, 5) is 16.3. The average molecular weight is 303 g/mol. The molecule has 1 atom stereocenters. The van der Waals surface area contributed by atoms with Crippen LogP contribution in [0.25, 0.3) is 0 Å². The van der Waals surface area contributed by atoms with Gasteiger partial charge in [-0.25, -0.2) is 0 Å². The number of carbonyl (C=O) groups is 1. The summed E-state index contributed by atoms with van der Waals surface area (Å²) < 4.78 is 5.05. The maximum atomic E-state index is 12.0. The molecular weight excluding hydrogens is 280 g/mol. The zero-order valence-corrected chi connectivity index (χ0v) is 12.8. The second-order valence-corrected chi connectivity index (χ2v) is 5.49. The smallest absolute Gasteiger partial charge is 0.223 e. The second-order valence-electron chi connectivity index (χ2n) is 5.49. The lowest BCUT2D eigenvalue weighted by Crippen LogP contribution is -2.44. The molecule has 1 heterocycles. The van der Waals surface area contributed by atoms with Gasteiger partial charge in [0.15, 0.2) is 5.82 Å². The summed E-state index contributed by atoms with van der Waals surface area (Å²) in [7, 11) is 0. The van der Waals surface area contributed by atoms with Gasteiger partial charge < -0.3 is 15.6 Å². The minimum atomic E-state index is -0.438. The number of amides is 1. The van der Waals surface area contributed by atoms with E-state index in [1.165, 1.54) is 0 Å². The number of hydrogen-bond acceptors (Lipinski definition) is 5. The minimum Gasteiger partial charge on any atom is -0.343 e. The number of aromatic nitrogens is 2. The molecule has 114 valence electrons. The summed E-state index contributed by atoms with van der Waals surface area (Å²) in [5, 5.41) is 7.09. The first-order valence-corrected chi connectivity index (χ1v) is 6.89. The monoisotopic (exact) mass is 302 g/mol. The van der Waals surface area contributed by atoms with Crippen molar-refractivity contribution in [2.24, 2.45) is 5.73 Å². The molecule has 0 bridgehead atoms.